The van der Waals surface area contributed by atoms with E-state index >= 15 is 0 Å². The quantitative estimate of drug-likeness (QED) is 0.493. The molecule has 0 spiro atoms. The van der Waals surface area contributed by atoms with Crippen molar-refractivity contribution in [3.8, 4) is 11.1 Å². The smallest absolute Gasteiger partial charge is 0.0656 e. The molecule has 0 heterocycles. The van der Waals surface area contributed by atoms with Gasteiger partial charge < -0.3 is 0 Å². The first-order valence-corrected chi connectivity index (χ1v) is 7.02. The maximum Gasteiger partial charge on any atom is 0.0656 e. The molecule has 3 aromatic carbocycles. The molecule has 0 bridgehead atoms. The van der Waals surface area contributed by atoms with Gasteiger partial charge in [0, 0.05) is 0 Å². The van der Waals surface area contributed by atoms with Gasteiger partial charge in [-0.15, -0.1) is 0 Å². The van der Waals surface area contributed by atoms with Crippen molar-refractivity contribution in [2.75, 3.05) is 0 Å². The Bertz CT molecular complexity index is 758. The highest BCUT2D eigenvalue weighted by molar-refractivity contribution is 9.09. The molecule has 1 heteroatoms. The maximum absolute atomic E-state index is 3.82. The lowest BCUT2D eigenvalue weighted by atomic mass is 10.0. The van der Waals surface area contributed by atoms with Crippen LogP contribution in [0.3, 0.4) is 0 Å². The summed E-state index contributed by atoms with van der Waals surface area (Å²) in [5.41, 5.74) is 5.49. The zero-order chi connectivity index (χ0) is 12.1. The molecule has 86 valence electrons. The second kappa shape index (κ2) is 3.69. The molecule has 4 rings (SSSR count). The second-order valence-electron chi connectivity index (χ2n) is 4.74. The van der Waals surface area contributed by atoms with Crippen molar-refractivity contribution in [2.45, 2.75) is 4.83 Å². The van der Waals surface area contributed by atoms with Crippen molar-refractivity contribution in [1.29, 1.82) is 0 Å². The number of halogens is 1. The molecular weight excluding hydrogens is 284 g/mol. The van der Waals surface area contributed by atoms with Crippen LogP contribution in [0, 0.1) is 0 Å². The van der Waals surface area contributed by atoms with Crippen LogP contribution in [0.15, 0.2) is 60.7 Å². The van der Waals surface area contributed by atoms with Gasteiger partial charge in [-0.1, -0.05) is 64.5 Å². The fourth-order valence-electron chi connectivity index (χ4n) is 2.83. The third-order valence-electron chi connectivity index (χ3n) is 3.71. The lowest BCUT2D eigenvalue weighted by molar-refractivity contribution is 1.25. The summed E-state index contributed by atoms with van der Waals surface area (Å²) in [5, 5.41) is 2.63. The minimum atomic E-state index is 0.327. The van der Waals surface area contributed by atoms with Crippen LogP contribution in [0.2, 0.25) is 0 Å². The van der Waals surface area contributed by atoms with Gasteiger partial charge in [0.1, 0.15) is 0 Å². The molecule has 1 atom stereocenters. The summed E-state index contributed by atoms with van der Waals surface area (Å²) >= 11 is 3.82. The Morgan fingerprint density at radius 1 is 0.667 bits per heavy atom. The molecule has 0 radical (unpaired) electrons. The van der Waals surface area contributed by atoms with E-state index in [1.54, 1.807) is 0 Å². The van der Waals surface area contributed by atoms with Gasteiger partial charge in [-0.25, -0.2) is 0 Å². The zero-order valence-corrected chi connectivity index (χ0v) is 11.3. The Hall–Kier alpha value is -1.60. The first kappa shape index (κ1) is 10.3. The molecule has 0 saturated carbocycles. The van der Waals surface area contributed by atoms with E-state index in [2.05, 4.69) is 76.6 Å². The number of benzene rings is 3. The van der Waals surface area contributed by atoms with Gasteiger partial charge in [-0.2, -0.15) is 0 Å². The third kappa shape index (κ3) is 1.31. The van der Waals surface area contributed by atoms with Crippen LogP contribution in [0.4, 0.5) is 0 Å². The molecule has 0 fully saturated rings. The first-order chi connectivity index (χ1) is 8.84. The number of alkyl halides is 1. The van der Waals surface area contributed by atoms with Gasteiger partial charge in [-0.05, 0) is 45.2 Å². The van der Waals surface area contributed by atoms with E-state index in [1.807, 2.05) is 0 Å². The Kier molecular flexibility index (Phi) is 2.12. The fraction of sp³-hybridized carbons (Fsp3) is 0.0588. The van der Waals surface area contributed by atoms with E-state index in [9.17, 15) is 0 Å². The Balaban J connectivity index is 2.10. The van der Waals surface area contributed by atoms with E-state index in [0.29, 0.717) is 4.83 Å². The Labute approximate surface area is 114 Å². The van der Waals surface area contributed by atoms with Crippen molar-refractivity contribution in [3.05, 3.63) is 71.8 Å². The van der Waals surface area contributed by atoms with Gasteiger partial charge in [0.2, 0.25) is 0 Å². The molecule has 0 saturated heterocycles. The highest BCUT2D eigenvalue weighted by atomic mass is 79.9. The minimum absolute atomic E-state index is 0.327. The normalized spacial score (nSPS) is 16.6. The first-order valence-electron chi connectivity index (χ1n) is 6.10. The monoisotopic (exact) mass is 294 g/mol. The van der Waals surface area contributed by atoms with E-state index in [-0.39, 0.29) is 0 Å². The van der Waals surface area contributed by atoms with Gasteiger partial charge in [-0.3, -0.25) is 0 Å². The van der Waals surface area contributed by atoms with E-state index in [0.717, 1.165) is 0 Å². The van der Waals surface area contributed by atoms with Crippen molar-refractivity contribution in [2.24, 2.45) is 0 Å². The highest BCUT2D eigenvalue weighted by Crippen LogP contribution is 2.48. The van der Waals surface area contributed by atoms with Crippen LogP contribution in [-0.2, 0) is 0 Å². The summed E-state index contributed by atoms with van der Waals surface area (Å²) in [6, 6.07) is 21.8. The minimum Gasteiger partial charge on any atom is -0.0786 e. The van der Waals surface area contributed by atoms with Gasteiger partial charge in [0.05, 0.1) is 4.83 Å². The summed E-state index contributed by atoms with van der Waals surface area (Å²) in [4.78, 5) is 0.327. The highest BCUT2D eigenvalue weighted by Gasteiger charge is 2.26. The summed E-state index contributed by atoms with van der Waals surface area (Å²) in [6.07, 6.45) is 0. The second-order valence-corrected chi connectivity index (χ2v) is 5.65. The SMILES string of the molecule is BrC1c2ccccc2-c2cc3ccccc3cc21. The lowest BCUT2D eigenvalue weighted by Gasteiger charge is -2.06. The molecule has 0 aliphatic heterocycles. The molecule has 0 N–H and O–H groups in total. The van der Waals surface area contributed by atoms with Crippen molar-refractivity contribution in [3.63, 3.8) is 0 Å². The van der Waals surface area contributed by atoms with Crippen LogP contribution in [0.25, 0.3) is 21.9 Å². The standard InChI is InChI=1S/C17H11Br/c18-17-14-8-4-3-7-13(14)15-9-11-5-1-2-6-12(11)10-16(15)17/h1-10,17H. The molecule has 3 aromatic rings. The molecule has 0 aromatic heterocycles. The summed E-state index contributed by atoms with van der Waals surface area (Å²) < 4.78 is 0. The third-order valence-corrected chi connectivity index (χ3v) is 4.70. The largest absolute Gasteiger partial charge is 0.0786 e. The van der Waals surface area contributed by atoms with Gasteiger partial charge in [0.15, 0.2) is 0 Å². The summed E-state index contributed by atoms with van der Waals surface area (Å²) in [6.45, 7) is 0. The van der Waals surface area contributed by atoms with Crippen molar-refractivity contribution < 1.29 is 0 Å². The van der Waals surface area contributed by atoms with Crippen molar-refractivity contribution in [1.82, 2.24) is 0 Å². The van der Waals surface area contributed by atoms with E-state index in [1.165, 1.54) is 33.0 Å². The number of rotatable bonds is 0. The summed E-state index contributed by atoms with van der Waals surface area (Å²) in [5.74, 6) is 0. The van der Waals surface area contributed by atoms with E-state index < -0.39 is 0 Å². The van der Waals surface area contributed by atoms with E-state index in [4.69, 9.17) is 0 Å². The molecule has 1 unspecified atom stereocenters. The Morgan fingerprint density at radius 3 is 2.17 bits per heavy atom. The lowest BCUT2D eigenvalue weighted by Crippen LogP contribution is -1.85. The number of fused-ring (bicyclic) bond motifs is 4. The predicted octanol–water partition coefficient (Wildman–Crippen LogP) is 5.30. The predicted molar refractivity (Wildman–Crippen MR) is 80.2 cm³/mol. The molecule has 0 nitrogen and oxygen atoms in total. The van der Waals surface area contributed by atoms with Crippen LogP contribution in [0.1, 0.15) is 16.0 Å². The summed E-state index contributed by atoms with van der Waals surface area (Å²) in [7, 11) is 0. The molecule has 0 amide bonds. The maximum atomic E-state index is 3.82. The van der Waals surface area contributed by atoms with Crippen LogP contribution >= 0.6 is 15.9 Å². The Morgan fingerprint density at radius 2 is 1.33 bits per heavy atom. The van der Waals surface area contributed by atoms with Crippen LogP contribution in [0.5, 0.6) is 0 Å². The van der Waals surface area contributed by atoms with Crippen LogP contribution < -0.4 is 0 Å². The number of hydrogen-bond acceptors (Lipinski definition) is 0. The molecule has 1 aliphatic rings. The molecular formula is C17H11Br. The van der Waals surface area contributed by atoms with Gasteiger partial charge in [0.25, 0.3) is 0 Å². The molecule has 18 heavy (non-hydrogen) atoms. The van der Waals surface area contributed by atoms with Crippen molar-refractivity contribution >= 4 is 26.7 Å². The van der Waals surface area contributed by atoms with Crippen LogP contribution in [-0.4, -0.2) is 0 Å². The molecule has 1 aliphatic carbocycles. The fourth-order valence-corrected chi connectivity index (χ4v) is 3.61. The van der Waals surface area contributed by atoms with Gasteiger partial charge >= 0.3 is 0 Å². The topological polar surface area (TPSA) is 0 Å². The zero-order valence-electron chi connectivity index (χ0n) is 9.73. The number of hydrogen-bond donors (Lipinski definition) is 0. The average molecular weight is 295 g/mol. The average Bonchev–Trinajstić information content (AvgIpc) is 2.71.